The molecule has 126 valence electrons. The zero-order valence-electron chi connectivity index (χ0n) is 14.0. The quantitative estimate of drug-likeness (QED) is 0.908. The molecule has 6 heteroatoms. The van der Waals surface area contributed by atoms with Crippen LogP contribution in [0.2, 0.25) is 0 Å². The smallest absolute Gasteiger partial charge is 0.238 e. The third-order valence-electron chi connectivity index (χ3n) is 4.22. The van der Waals surface area contributed by atoms with Gasteiger partial charge >= 0.3 is 0 Å². The number of hydrogen-bond donors (Lipinski definition) is 1. The standard InChI is InChI=1S/C18H23N5O/c1-2-15-4-6-16(7-5-15)21-17(24)14-22-10-12-23(13-11-22)18-19-8-3-9-20-18/h3-9H,2,10-14H2,1H3,(H,21,24). The van der Waals surface area contributed by atoms with Gasteiger partial charge < -0.3 is 10.2 Å². The molecule has 0 aliphatic carbocycles. The van der Waals surface area contributed by atoms with Gasteiger partial charge in [0.05, 0.1) is 6.54 Å². The minimum absolute atomic E-state index is 0.0312. The van der Waals surface area contributed by atoms with Gasteiger partial charge in [0.2, 0.25) is 11.9 Å². The lowest BCUT2D eigenvalue weighted by Crippen LogP contribution is -2.49. The van der Waals surface area contributed by atoms with E-state index in [1.54, 1.807) is 12.4 Å². The van der Waals surface area contributed by atoms with E-state index in [1.807, 2.05) is 30.3 Å². The third kappa shape index (κ3) is 4.29. The van der Waals surface area contributed by atoms with Crippen LogP contribution in [0.3, 0.4) is 0 Å². The summed E-state index contributed by atoms with van der Waals surface area (Å²) in [6.45, 7) is 5.87. The molecule has 1 amide bonds. The number of aromatic nitrogens is 2. The molecule has 1 aromatic carbocycles. The van der Waals surface area contributed by atoms with E-state index in [4.69, 9.17) is 0 Å². The second kappa shape index (κ2) is 7.88. The van der Waals surface area contributed by atoms with Gasteiger partial charge in [0, 0.05) is 44.3 Å². The molecule has 0 unspecified atom stereocenters. The molecule has 3 rings (SSSR count). The van der Waals surface area contributed by atoms with Crippen molar-refractivity contribution in [3.8, 4) is 0 Å². The highest BCUT2D eigenvalue weighted by Crippen LogP contribution is 2.11. The van der Waals surface area contributed by atoms with Crippen molar-refractivity contribution >= 4 is 17.5 Å². The Bertz CT molecular complexity index is 651. The van der Waals surface area contributed by atoms with Crippen LogP contribution in [0.1, 0.15) is 12.5 Å². The number of rotatable bonds is 5. The number of hydrogen-bond acceptors (Lipinski definition) is 5. The number of benzene rings is 1. The number of carbonyl (C=O) groups excluding carboxylic acids is 1. The number of carbonyl (C=O) groups is 1. The molecule has 1 aliphatic heterocycles. The lowest BCUT2D eigenvalue weighted by Gasteiger charge is -2.34. The Balaban J connectivity index is 1.46. The molecule has 0 bridgehead atoms. The topological polar surface area (TPSA) is 61.4 Å². The van der Waals surface area contributed by atoms with E-state index in [9.17, 15) is 4.79 Å². The van der Waals surface area contributed by atoms with Crippen molar-refractivity contribution in [3.05, 3.63) is 48.3 Å². The molecule has 1 aliphatic rings. The van der Waals surface area contributed by atoms with E-state index in [-0.39, 0.29) is 5.91 Å². The Morgan fingerprint density at radius 3 is 2.38 bits per heavy atom. The van der Waals surface area contributed by atoms with Gasteiger partial charge in [0.15, 0.2) is 0 Å². The predicted octanol–water partition coefficient (Wildman–Crippen LogP) is 1.80. The van der Waals surface area contributed by atoms with Crippen molar-refractivity contribution in [2.75, 3.05) is 42.9 Å². The average Bonchev–Trinajstić information content (AvgIpc) is 2.64. The van der Waals surface area contributed by atoms with Crippen LogP contribution in [0.5, 0.6) is 0 Å². The molecule has 0 saturated carbocycles. The molecule has 0 atom stereocenters. The summed E-state index contributed by atoms with van der Waals surface area (Å²) in [6, 6.07) is 9.84. The second-order valence-electron chi connectivity index (χ2n) is 5.91. The molecular formula is C18H23N5O. The fourth-order valence-electron chi connectivity index (χ4n) is 2.79. The van der Waals surface area contributed by atoms with Gasteiger partial charge in [-0.05, 0) is 30.2 Å². The summed E-state index contributed by atoms with van der Waals surface area (Å²) < 4.78 is 0. The minimum Gasteiger partial charge on any atom is -0.338 e. The lowest BCUT2D eigenvalue weighted by atomic mass is 10.1. The first kappa shape index (κ1) is 16.4. The molecule has 1 fully saturated rings. The number of amides is 1. The zero-order chi connectivity index (χ0) is 16.8. The third-order valence-corrected chi connectivity index (χ3v) is 4.22. The van der Waals surface area contributed by atoms with Crippen LogP contribution < -0.4 is 10.2 Å². The minimum atomic E-state index is 0.0312. The van der Waals surface area contributed by atoms with Crippen LogP contribution >= 0.6 is 0 Å². The van der Waals surface area contributed by atoms with Crippen molar-refractivity contribution in [2.45, 2.75) is 13.3 Å². The maximum absolute atomic E-state index is 12.2. The summed E-state index contributed by atoms with van der Waals surface area (Å²) in [6.07, 6.45) is 4.52. The van der Waals surface area contributed by atoms with Crippen LogP contribution in [-0.2, 0) is 11.2 Å². The summed E-state index contributed by atoms with van der Waals surface area (Å²) in [7, 11) is 0. The number of piperazine rings is 1. The first-order chi connectivity index (χ1) is 11.7. The average molecular weight is 325 g/mol. The van der Waals surface area contributed by atoms with Crippen molar-refractivity contribution < 1.29 is 4.79 Å². The van der Waals surface area contributed by atoms with Crippen molar-refractivity contribution in [1.29, 1.82) is 0 Å². The van der Waals surface area contributed by atoms with Crippen LogP contribution in [0.4, 0.5) is 11.6 Å². The van der Waals surface area contributed by atoms with Crippen molar-refractivity contribution in [2.24, 2.45) is 0 Å². The number of anilines is 2. The molecule has 24 heavy (non-hydrogen) atoms. The van der Waals surface area contributed by atoms with Gasteiger partial charge in [-0.3, -0.25) is 9.69 Å². The molecule has 1 N–H and O–H groups in total. The van der Waals surface area contributed by atoms with E-state index in [0.717, 1.165) is 44.2 Å². The molecule has 2 heterocycles. The van der Waals surface area contributed by atoms with Crippen LogP contribution in [-0.4, -0.2) is 53.5 Å². The normalized spacial score (nSPS) is 15.3. The summed E-state index contributed by atoms with van der Waals surface area (Å²) >= 11 is 0. The molecule has 1 saturated heterocycles. The SMILES string of the molecule is CCc1ccc(NC(=O)CN2CCN(c3ncccn3)CC2)cc1. The largest absolute Gasteiger partial charge is 0.338 e. The number of nitrogens with zero attached hydrogens (tertiary/aromatic N) is 4. The lowest BCUT2D eigenvalue weighted by molar-refractivity contribution is -0.117. The maximum atomic E-state index is 12.2. The fraction of sp³-hybridized carbons (Fsp3) is 0.389. The Hall–Kier alpha value is -2.47. The monoisotopic (exact) mass is 325 g/mol. The summed E-state index contributed by atoms with van der Waals surface area (Å²) in [5.74, 6) is 0.793. The maximum Gasteiger partial charge on any atom is 0.238 e. The zero-order valence-corrected chi connectivity index (χ0v) is 14.0. The molecule has 2 aromatic rings. The molecular weight excluding hydrogens is 302 g/mol. The van der Waals surface area contributed by atoms with E-state index >= 15 is 0 Å². The first-order valence-corrected chi connectivity index (χ1v) is 8.37. The van der Waals surface area contributed by atoms with Gasteiger partial charge in [-0.1, -0.05) is 19.1 Å². The van der Waals surface area contributed by atoms with E-state index < -0.39 is 0 Å². The Kier molecular flexibility index (Phi) is 5.38. The van der Waals surface area contributed by atoms with E-state index in [0.29, 0.717) is 6.54 Å². The molecule has 6 nitrogen and oxygen atoms in total. The van der Waals surface area contributed by atoms with Gasteiger partial charge in [0.1, 0.15) is 0 Å². The highest BCUT2D eigenvalue weighted by atomic mass is 16.2. The van der Waals surface area contributed by atoms with Gasteiger partial charge in [-0.2, -0.15) is 0 Å². The Morgan fingerprint density at radius 1 is 1.08 bits per heavy atom. The van der Waals surface area contributed by atoms with Crippen molar-refractivity contribution in [3.63, 3.8) is 0 Å². The van der Waals surface area contributed by atoms with Crippen molar-refractivity contribution in [1.82, 2.24) is 14.9 Å². The number of aryl methyl sites for hydroxylation is 1. The van der Waals surface area contributed by atoms with Gasteiger partial charge in [-0.25, -0.2) is 9.97 Å². The fourth-order valence-corrected chi connectivity index (χ4v) is 2.79. The second-order valence-corrected chi connectivity index (χ2v) is 5.91. The van der Waals surface area contributed by atoms with Crippen LogP contribution in [0, 0.1) is 0 Å². The summed E-state index contributed by atoms with van der Waals surface area (Å²) in [5.41, 5.74) is 2.13. The van der Waals surface area contributed by atoms with Crippen LogP contribution in [0.25, 0.3) is 0 Å². The summed E-state index contributed by atoms with van der Waals surface area (Å²) in [5, 5.41) is 2.96. The Labute approximate surface area is 142 Å². The molecule has 1 aromatic heterocycles. The van der Waals surface area contributed by atoms with Gasteiger partial charge in [-0.15, -0.1) is 0 Å². The highest BCUT2D eigenvalue weighted by Gasteiger charge is 2.20. The van der Waals surface area contributed by atoms with Gasteiger partial charge in [0.25, 0.3) is 0 Å². The van der Waals surface area contributed by atoms with E-state index in [2.05, 4.69) is 32.0 Å². The first-order valence-electron chi connectivity index (χ1n) is 8.37. The summed E-state index contributed by atoms with van der Waals surface area (Å²) in [4.78, 5) is 25.1. The number of nitrogens with one attached hydrogen (secondary N) is 1. The van der Waals surface area contributed by atoms with E-state index in [1.165, 1.54) is 5.56 Å². The molecule has 0 radical (unpaired) electrons. The molecule has 0 spiro atoms. The van der Waals surface area contributed by atoms with Crippen LogP contribution in [0.15, 0.2) is 42.7 Å². The highest BCUT2D eigenvalue weighted by molar-refractivity contribution is 5.92. The Morgan fingerprint density at radius 2 is 1.75 bits per heavy atom. The predicted molar refractivity (Wildman–Crippen MR) is 95.1 cm³/mol.